The second-order valence-corrected chi connectivity index (χ2v) is 7.00. The van der Waals surface area contributed by atoms with Gasteiger partial charge in [-0.3, -0.25) is 4.90 Å². The van der Waals surface area contributed by atoms with Gasteiger partial charge in [0.2, 0.25) is 0 Å². The Morgan fingerprint density at radius 3 is 2.62 bits per heavy atom. The van der Waals surface area contributed by atoms with Gasteiger partial charge in [-0.2, -0.15) is 0 Å². The van der Waals surface area contributed by atoms with Crippen LogP contribution >= 0.6 is 0 Å². The molecule has 1 atom stereocenters. The number of nitrogens with one attached hydrogen (secondary N) is 1. The van der Waals surface area contributed by atoms with Gasteiger partial charge in [-0.25, -0.2) is 4.98 Å². The van der Waals surface area contributed by atoms with Crippen LogP contribution < -0.4 is 5.32 Å². The second kappa shape index (κ2) is 6.49. The summed E-state index contributed by atoms with van der Waals surface area (Å²) in [6, 6.07) is 0.621. The number of imidazole rings is 1. The fraction of sp³-hybridized carbons (Fsp3) is 0.824. The molecule has 1 aromatic rings. The Morgan fingerprint density at radius 2 is 1.90 bits per heavy atom. The lowest BCUT2D eigenvalue weighted by Gasteiger charge is -2.33. The van der Waals surface area contributed by atoms with Crippen LogP contribution in [-0.2, 0) is 19.5 Å². The average molecular weight is 290 g/mol. The Bertz CT molecular complexity index is 471. The van der Waals surface area contributed by atoms with Crippen molar-refractivity contribution in [2.75, 3.05) is 19.6 Å². The number of piperidine rings is 1. The molecule has 0 amide bonds. The van der Waals surface area contributed by atoms with E-state index in [1.165, 1.54) is 49.6 Å². The lowest BCUT2D eigenvalue weighted by atomic mass is 10.1. The lowest BCUT2D eigenvalue weighted by Crippen LogP contribution is -2.40. The molecular formula is C17H30N4. The number of fused-ring (bicyclic) bond motifs is 1. The van der Waals surface area contributed by atoms with Crippen LogP contribution in [0.3, 0.4) is 0 Å². The number of rotatable bonds is 4. The summed E-state index contributed by atoms with van der Waals surface area (Å²) in [4.78, 5) is 7.60. The van der Waals surface area contributed by atoms with Crippen molar-refractivity contribution in [3.05, 3.63) is 17.2 Å². The van der Waals surface area contributed by atoms with E-state index in [-0.39, 0.29) is 0 Å². The molecule has 3 rings (SSSR count). The molecule has 4 nitrogen and oxygen atoms in total. The summed E-state index contributed by atoms with van der Waals surface area (Å²) in [6.07, 6.45) is 5.27. The first-order valence-corrected chi connectivity index (χ1v) is 8.69. The van der Waals surface area contributed by atoms with E-state index in [9.17, 15) is 0 Å². The highest BCUT2D eigenvalue weighted by Gasteiger charge is 2.24. The molecule has 0 radical (unpaired) electrons. The molecule has 0 aliphatic carbocycles. The molecule has 3 heterocycles. The number of hydrogen-bond acceptors (Lipinski definition) is 3. The Balaban J connectivity index is 1.81. The zero-order valence-electron chi connectivity index (χ0n) is 13.9. The zero-order valence-corrected chi connectivity index (χ0v) is 13.9. The normalized spacial score (nSPS) is 21.5. The van der Waals surface area contributed by atoms with Crippen molar-refractivity contribution < 1.29 is 0 Å². The van der Waals surface area contributed by atoms with Crippen molar-refractivity contribution in [3.8, 4) is 0 Å². The minimum atomic E-state index is 0.504. The van der Waals surface area contributed by atoms with E-state index in [4.69, 9.17) is 4.98 Å². The van der Waals surface area contributed by atoms with E-state index in [0.717, 1.165) is 26.1 Å². The topological polar surface area (TPSA) is 33.1 Å². The Labute approximate surface area is 128 Å². The summed E-state index contributed by atoms with van der Waals surface area (Å²) in [7, 11) is 0. The molecule has 118 valence electrons. The van der Waals surface area contributed by atoms with Gasteiger partial charge in [0, 0.05) is 43.7 Å². The highest BCUT2D eigenvalue weighted by atomic mass is 15.2. The smallest absolute Gasteiger partial charge is 0.111 e. The van der Waals surface area contributed by atoms with Gasteiger partial charge in [-0.1, -0.05) is 20.3 Å². The van der Waals surface area contributed by atoms with Gasteiger partial charge in [0.15, 0.2) is 0 Å². The predicted molar refractivity (Wildman–Crippen MR) is 86.6 cm³/mol. The number of nitrogens with zero attached hydrogens (tertiary/aromatic N) is 3. The van der Waals surface area contributed by atoms with Crippen LogP contribution in [0.25, 0.3) is 0 Å². The third-order valence-electron chi connectivity index (χ3n) is 4.99. The molecule has 0 spiro atoms. The van der Waals surface area contributed by atoms with Crippen LogP contribution in [0.4, 0.5) is 0 Å². The van der Waals surface area contributed by atoms with Gasteiger partial charge in [0.25, 0.3) is 0 Å². The van der Waals surface area contributed by atoms with Gasteiger partial charge < -0.3 is 9.88 Å². The summed E-state index contributed by atoms with van der Waals surface area (Å²) < 4.78 is 2.54. The highest BCUT2D eigenvalue weighted by molar-refractivity contribution is 5.22. The fourth-order valence-electron chi connectivity index (χ4n) is 3.77. The van der Waals surface area contributed by atoms with Crippen molar-refractivity contribution in [2.45, 2.75) is 71.5 Å². The second-order valence-electron chi connectivity index (χ2n) is 7.00. The van der Waals surface area contributed by atoms with Crippen LogP contribution in [0.2, 0.25) is 0 Å². The van der Waals surface area contributed by atoms with Crippen LogP contribution in [0.15, 0.2) is 0 Å². The van der Waals surface area contributed by atoms with Crippen molar-refractivity contribution in [2.24, 2.45) is 0 Å². The van der Waals surface area contributed by atoms with E-state index in [0.29, 0.717) is 12.0 Å². The maximum Gasteiger partial charge on any atom is 0.111 e. The van der Waals surface area contributed by atoms with E-state index >= 15 is 0 Å². The van der Waals surface area contributed by atoms with Crippen LogP contribution in [-0.4, -0.2) is 40.1 Å². The summed E-state index contributed by atoms with van der Waals surface area (Å²) in [6.45, 7) is 12.6. The van der Waals surface area contributed by atoms with E-state index < -0.39 is 0 Å². The van der Waals surface area contributed by atoms with Crippen molar-refractivity contribution in [3.63, 3.8) is 0 Å². The summed E-state index contributed by atoms with van der Waals surface area (Å²) >= 11 is 0. The quantitative estimate of drug-likeness (QED) is 0.925. The van der Waals surface area contributed by atoms with Gasteiger partial charge in [-0.05, 0) is 32.9 Å². The van der Waals surface area contributed by atoms with Crippen LogP contribution in [0.5, 0.6) is 0 Å². The van der Waals surface area contributed by atoms with Gasteiger partial charge in [0.1, 0.15) is 5.82 Å². The monoisotopic (exact) mass is 290 g/mol. The minimum absolute atomic E-state index is 0.504. The molecule has 1 N–H and O–H groups in total. The van der Waals surface area contributed by atoms with E-state index in [1.807, 2.05) is 0 Å². The molecule has 0 bridgehead atoms. The van der Waals surface area contributed by atoms with Gasteiger partial charge in [-0.15, -0.1) is 0 Å². The molecule has 0 aromatic carbocycles. The molecule has 21 heavy (non-hydrogen) atoms. The standard InChI is InChI=1S/C17H30N4/c1-13(2)17-19-15-11-18-8-7-16(15)21(17)12-14(3)20-9-5-4-6-10-20/h13-14,18H,4-12H2,1-3H3. The molecule has 2 aliphatic rings. The Hall–Kier alpha value is -0.870. The molecule has 1 fully saturated rings. The molecule has 1 aromatic heterocycles. The SMILES string of the molecule is CC(C)c1nc2c(n1CC(C)N1CCCCC1)CCNC2. The molecule has 1 unspecified atom stereocenters. The first kappa shape index (κ1) is 15.0. The average Bonchev–Trinajstić information content (AvgIpc) is 2.87. The molecule has 1 saturated heterocycles. The van der Waals surface area contributed by atoms with Crippen LogP contribution in [0.1, 0.15) is 63.2 Å². The van der Waals surface area contributed by atoms with E-state index in [2.05, 4.69) is 35.6 Å². The number of aromatic nitrogens is 2. The molecule has 4 heteroatoms. The summed E-state index contributed by atoms with van der Waals surface area (Å²) in [5, 5.41) is 3.45. The maximum atomic E-state index is 4.93. The van der Waals surface area contributed by atoms with Gasteiger partial charge >= 0.3 is 0 Å². The first-order valence-electron chi connectivity index (χ1n) is 8.69. The van der Waals surface area contributed by atoms with Crippen molar-refractivity contribution in [1.29, 1.82) is 0 Å². The lowest BCUT2D eigenvalue weighted by molar-refractivity contribution is 0.158. The zero-order chi connectivity index (χ0) is 14.8. The Morgan fingerprint density at radius 1 is 1.14 bits per heavy atom. The van der Waals surface area contributed by atoms with Crippen molar-refractivity contribution in [1.82, 2.24) is 19.8 Å². The summed E-state index contributed by atoms with van der Waals surface area (Å²) in [5.74, 6) is 1.79. The largest absolute Gasteiger partial charge is 0.330 e. The molecule has 2 aliphatic heterocycles. The third-order valence-corrected chi connectivity index (χ3v) is 4.99. The molecule has 0 saturated carbocycles. The van der Waals surface area contributed by atoms with E-state index in [1.54, 1.807) is 0 Å². The van der Waals surface area contributed by atoms with Crippen LogP contribution in [0, 0.1) is 0 Å². The molecular weight excluding hydrogens is 260 g/mol. The predicted octanol–water partition coefficient (Wildman–Crippen LogP) is 2.53. The fourth-order valence-corrected chi connectivity index (χ4v) is 3.77. The maximum absolute atomic E-state index is 4.93. The minimum Gasteiger partial charge on any atom is -0.330 e. The highest BCUT2D eigenvalue weighted by Crippen LogP contribution is 2.23. The number of likely N-dealkylation sites (tertiary alicyclic amines) is 1. The third kappa shape index (κ3) is 3.16. The first-order chi connectivity index (χ1) is 10.2. The number of hydrogen-bond donors (Lipinski definition) is 1. The van der Waals surface area contributed by atoms with Crippen molar-refractivity contribution >= 4 is 0 Å². The summed E-state index contributed by atoms with van der Waals surface area (Å²) in [5.41, 5.74) is 2.78. The Kier molecular flexibility index (Phi) is 4.65. The van der Waals surface area contributed by atoms with Gasteiger partial charge in [0.05, 0.1) is 5.69 Å².